The fraction of sp³-hybridized carbons (Fsp3) is 0.133. The molecule has 0 atom stereocenters. The molecule has 3 rings (SSSR count). The molecule has 0 unspecified atom stereocenters. The van der Waals surface area contributed by atoms with Crippen molar-refractivity contribution in [1.29, 1.82) is 0 Å². The van der Waals surface area contributed by atoms with Crippen molar-refractivity contribution in [2.45, 2.75) is 13.3 Å². The second kappa shape index (κ2) is 6.22. The molecule has 21 heavy (non-hydrogen) atoms. The second-order valence-corrected chi connectivity index (χ2v) is 6.71. The third-order valence-electron chi connectivity index (χ3n) is 2.91. The SMILES string of the molecule is Cc1nc(Cc2nc(Cl)c(Br)c(-c3ccccc3)n2)cs1. The predicted octanol–water partition coefficient (Wildman–Crippen LogP) is 4.92. The Hall–Kier alpha value is -1.30. The number of benzene rings is 1. The molecule has 0 N–H and O–H groups in total. The van der Waals surface area contributed by atoms with Crippen molar-refractivity contribution in [2.75, 3.05) is 0 Å². The lowest BCUT2D eigenvalue weighted by atomic mass is 10.1. The maximum Gasteiger partial charge on any atom is 0.147 e. The molecule has 0 saturated heterocycles. The highest BCUT2D eigenvalue weighted by atomic mass is 79.9. The van der Waals surface area contributed by atoms with Gasteiger partial charge in [0.05, 0.1) is 27.3 Å². The Labute approximate surface area is 140 Å². The summed E-state index contributed by atoms with van der Waals surface area (Å²) >= 11 is 11.3. The maximum atomic E-state index is 6.22. The standard InChI is InChI=1S/C15H11BrClN3S/c1-9-18-11(8-21-9)7-12-19-14(13(16)15(17)20-12)10-5-3-2-4-6-10/h2-6,8H,7H2,1H3. The van der Waals surface area contributed by atoms with Crippen LogP contribution in [-0.4, -0.2) is 15.0 Å². The zero-order valence-electron chi connectivity index (χ0n) is 11.2. The number of nitrogens with zero attached hydrogens (tertiary/aromatic N) is 3. The third-order valence-corrected chi connectivity index (χ3v) is 4.99. The molecule has 0 bridgehead atoms. The van der Waals surface area contributed by atoms with E-state index in [0.717, 1.165) is 22.0 Å². The van der Waals surface area contributed by atoms with Crippen molar-refractivity contribution in [3.8, 4) is 11.3 Å². The van der Waals surface area contributed by atoms with E-state index in [1.807, 2.05) is 42.6 Å². The first-order chi connectivity index (χ1) is 10.1. The largest absolute Gasteiger partial charge is 0.246 e. The number of aromatic nitrogens is 3. The van der Waals surface area contributed by atoms with Gasteiger partial charge in [-0.25, -0.2) is 15.0 Å². The summed E-state index contributed by atoms with van der Waals surface area (Å²) in [6.45, 7) is 1.99. The summed E-state index contributed by atoms with van der Waals surface area (Å²) in [5.74, 6) is 0.673. The lowest BCUT2D eigenvalue weighted by molar-refractivity contribution is 0.939. The van der Waals surface area contributed by atoms with Crippen LogP contribution in [0.3, 0.4) is 0 Å². The first-order valence-corrected chi connectivity index (χ1v) is 8.37. The summed E-state index contributed by atoms with van der Waals surface area (Å²) in [4.78, 5) is 13.4. The Kier molecular flexibility index (Phi) is 4.33. The second-order valence-electron chi connectivity index (χ2n) is 4.49. The van der Waals surface area contributed by atoms with Gasteiger partial charge in [-0.05, 0) is 22.9 Å². The van der Waals surface area contributed by atoms with Crippen molar-refractivity contribution in [1.82, 2.24) is 15.0 Å². The molecule has 0 aliphatic heterocycles. The molecule has 1 aromatic carbocycles. The summed E-state index contributed by atoms with van der Waals surface area (Å²) < 4.78 is 0.716. The summed E-state index contributed by atoms with van der Waals surface area (Å²) in [7, 11) is 0. The van der Waals surface area contributed by atoms with Crippen LogP contribution < -0.4 is 0 Å². The predicted molar refractivity (Wildman–Crippen MR) is 89.8 cm³/mol. The minimum atomic E-state index is 0.422. The maximum absolute atomic E-state index is 6.22. The lowest BCUT2D eigenvalue weighted by Gasteiger charge is -2.07. The topological polar surface area (TPSA) is 38.7 Å². The molecule has 106 valence electrons. The molecule has 0 amide bonds. The lowest BCUT2D eigenvalue weighted by Crippen LogP contribution is -2.00. The van der Waals surface area contributed by atoms with Crippen LogP contribution in [0.4, 0.5) is 0 Å². The van der Waals surface area contributed by atoms with Gasteiger partial charge in [0.25, 0.3) is 0 Å². The molecule has 0 fully saturated rings. The fourth-order valence-electron chi connectivity index (χ4n) is 1.98. The van der Waals surface area contributed by atoms with Crippen LogP contribution in [0, 0.1) is 6.92 Å². The molecule has 2 aromatic heterocycles. The molecule has 0 spiro atoms. The monoisotopic (exact) mass is 379 g/mol. The van der Waals surface area contributed by atoms with Gasteiger partial charge in [-0.1, -0.05) is 41.9 Å². The highest BCUT2D eigenvalue weighted by Gasteiger charge is 2.13. The van der Waals surface area contributed by atoms with E-state index in [0.29, 0.717) is 21.9 Å². The average Bonchev–Trinajstić information content (AvgIpc) is 2.89. The smallest absolute Gasteiger partial charge is 0.147 e. The number of rotatable bonds is 3. The van der Waals surface area contributed by atoms with Gasteiger partial charge in [0.15, 0.2) is 0 Å². The first kappa shape index (κ1) is 14.6. The molecular weight excluding hydrogens is 370 g/mol. The van der Waals surface area contributed by atoms with Crippen LogP contribution in [0.1, 0.15) is 16.5 Å². The zero-order valence-corrected chi connectivity index (χ0v) is 14.3. The van der Waals surface area contributed by atoms with Gasteiger partial charge < -0.3 is 0 Å². The number of thiazole rings is 1. The van der Waals surface area contributed by atoms with E-state index in [2.05, 4.69) is 30.9 Å². The van der Waals surface area contributed by atoms with E-state index in [9.17, 15) is 0 Å². The molecule has 0 radical (unpaired) electrons. The van der Waals surface area contributed by atoms with Crippen molar-refractivity contribution in [3.63, 3.8) is 0 Å². The van der Waals surface area contributed by atoms with Gasteiger partial charge in [0, 0.05) is 10.9 Å². The summed E-state index contributed by atoms with van der Waals surface area (Å²) in [5, 5.41) is 3.49. The quantitative estimate of drug-likeness (QED) is 0.606. The minimum absolute atomic E-state index is 0.422. The van der Waals surface area contributed by atoms with Gasteiger partial charge in [-0.2, -0.15) is 0 Å². The van der Waals surface area contributed by atoms with Crippen LogP contribution in [0.5, 0.6) is 0 Å². The fourth-order valence-corrected chi connectivity index (χ4v) is 3.19. The Morgan fingerprint density at radius 1 is 1.14 bits per heavy atom. The first-order valence-electron chi connectivity index (χ1n) is 6.32. The molecule has 2 heterocycles. The van der Waals surface area contributed by atoms with Gasteiger partial charge in [0.2, 0.25) is 0 Å². The molecular formula is C15H11BrClN3S. The van der Waals surface area contributed by atoms with E-state index < -0.39 is 0 Å². The van der Waals surface area contributed by atoms with Gasteiger partial charge in [-0.15, -0.1) is 11.3 Å². The van der Waals surface area contributed by atoms with Crippen molar-refractivity contribution in [2.24, 2.45) is 0 Å². The summed E-state index contributed by atoms with van der Waals surface area (Å²) in [5.41, 5.74) is 2.77. The summed E-state index contributed by atoms with van der Waals surface area (Å²) in [6, 6.07) is 9.92. The van der Waals surface area contributed by atoms with Gasteiger partial charge in [0.1, 0.15) is 11.0 Å². The van der Waals surface area contributed by atoms with Gasteiger partial charge >= 0.3 is 0 Å². The number of hydrogen-bond acceptors (Lipinski definition) is 4. The van der Waals surface area contributed by atoms with Crippen LogP contribution >= 0.6 is 38.9 Å². The number of aryl methyl sites for hydroxylation is 1. The van der Waals surface area contributed by atoms with Crippen LogP contribution in [-0.2, 0) is 6.42 Å². The van der Waals surface area contributed by atoms with E-state index in [4.69, 9.17) is 11.6 Å². The number of halogens is 2. The normalized spacial score (nSPS) is 10.8. The van der Waals surface area contributed by atoms with E-state index >= 15 is 0 Å². The Bertz CT molecular complexity index is 774. The van der Waals surface area contributed by atoms with Crippen molar-refractivity contribution < 1.29 is 0 Å². The summed E-state index contributed by atoms with van der Waals surface area (Å²) in [6.07, 6.45) is 0.581. The Morgan fingerprint density at radius 2 is 1.90 bits per heavy atom. The molecule has 0 saturated carbocycles. The van der Waals surface area contributed by atoms with Crippen LogP contribution in [0.15, 0.2) is 40.2 Å². The van der Waals surface area contributed by atoms with Crippen LogP contribution in [0.25, 0.3) is 11.3 Å². The zero-order chi connectivity index (χ0) is 14.8. The highest BCUT2D eigenvalue weighted by Crippen LogP contribution is 2.31. The average molecular weight is 381 g/mol. The van der Waals surface area contributed by atoms with Crippen molar-refractivity contribution >= 4 is 38.9 Å². The highest BCUT2D eigenvalue weighted by molar-refractivity contribution is 9.10. The van der Waals surface area contributed by atoms with E-state index in [1.54, 1.807) is 11.3 Å². The third kappa shape index (κ3) is 3.31. The Morgan fingerprint density at radius 3 is 2.57 bits per heavy atom. The van der Waals surface area contributed by atoms with E-state index in [1.165, 1.54) is 0 Å². The molecule has 3 aromatic rings. The molecule has 6 heteroatoms. The van der Waals surface area contributed by atoms with E-state index in [-0.39, 0.29) is 0 Å². The molecule has 0 aliphatic carbocycles. The van der Waals surface area contributed by atoms with Crippen molar-refractivity contribution in [3.05, 3.63) is 61.9 Å². The minimum Gasteiger partial charge on any atom is -0.246 e. The Balaban J connectivity index is 2.01. The van der Waals surface area contributed by atoms with Gasteiger partial charge in [-0.3, -0.25) is 0 Å². The molecule has 0 aliphatic rings. The number of hydrogen-bond donors (Lipinski definition) is 0. The van der Waals surface area contributed by atoms with Crippen LogP contribution in [0.2, 0.25) is 5.15 Å². The molecule has 3 nitrogen and oxygen atoms in total.